The molecule has 2 fully saturated rings. The number of hydrogen-bond donors (Lipinski definition) is 3. The van der Waals surface area contributed by atoms with Crippen LogP contribution >= 0.6 is 0 Å². The number of amides is 2. The fourth-order valence-electron chi connectivity index (χ4n) is 2.98. The van der Waals surface area contributed by atoms with Crippen molar-refractivity contribution >= 4 is 17.8 Å². The average molecular weight is 268 g/mol. The van der Waals surface area contributed by atoms with Gasteiger partial charge in [0.1, 0.15) is 6.04 Å². The Morgan fingerprint density at radius 3 is 2.58 bits per heavy atom. The van der Waals surface area contributed by atoms with Crippen LogP contribution in [0.5, 0.6) is 0 Å². The minimum atomic E-state index is -0.921. The van der Waals surface area contributed by atoms with Crippen molar-refractivity contribution in [3.8, 4) is 0 Å². The van der Waals surface area contributed by atoms with Gasteiger partial charge in [0.15, 0.2) is 0 Å². The van der Waals surface area contributed by atoms with Crippen LogP contribution in [0.1, 0.15) is 44.9 Å². The number of aliphatic carboxylic acids is 1. The SMILES string of the molecule is O=C(CC1(C(=O)O)CCCC1)NC1CCCNC1=O. The molecule has 19 heavy (non-hydrogen) atoms. The topological polar surface area (TPSA) is 95.5 Å². The Balaban J connectivity index is 1.93. The molecule has 1 saturated heterocycles. The smallest absolute Gasteiger partial charge is 0.310 e. The highest BCUT2D eigenvalue weighted by atomic mass is 16.4. The van der Waals surface area contributed by atoms with Gasteiger partial charge in [-0.15, -0.1) is 0 Å². The van der Waals surface area contributed by atoms with Gasteiger partial charge in [0, 0.05) is 13.0 Å². The summed E-state index contributed by atoms with van der Waals surface area (Å²) in [5, 5.41) is 14.7. The lowest BCUT2D eigenvalue weighted by Gasteiger charge is -2.26. The van der Waals surface area contributed by atoms with E-state index >= 15 is 0 Å². The zero-order valence-corrected chi connectivity index (χ0v) is 10.9. The maximum Gasteiger partial charge on any atom is 0.310 e. The minimum Gasteiger partial charge on any atom is -0.481 e. The first-order valence-electron chi connectivity index (χ1n) is 6.84. The molecule has 1 aliphatic heterocycles. The predicted octanol–water partition coefficient (Wildman–Crippen LogP) is 0.416. The molecule has 0 radical (unpaired) electrons. The van der Waals surface area contributed by atoms with Crippen molar-refractivity contribution in [2.24, 2.45) is 5.41 Å². The fraction of sp³-hybridized carbons (Fsp3) is 0.769. The van der Waals surface area contributed by atoms with Gasteiger partial charge in [0.25, 0.3) is 0 Å². The molecule has 0 spiro atoms. The van der Waals surface area contributed by atoms with E-state index in [0.29, 0.717) is 25.8 Å². The molecule has 1 unspecified atom stereocenters. The molecule has 6 nitrogen and oxygen atoms in total. The Hall–Kier alpha value is -1.59. The average Bonchev–Trinajstić information content (AvgIpc) is 2.82. The van der Waals surface area contributed by atoms with Crippen molar-refractivity contribution in [3.63, 3.8) is 0 Å². The lowest BCUT2D eigenvalue weighted by molar-refractivity contribution is -0.151. The van der Waals surface area contributed by atoms with Crippen LogP contribution < -0.4 is 10.6 Å². The number of piperidine rings is 1. The van der Waals surface area contributed by atoms with Crippen LogP contribution in [0.2, 0.25) is 0 Å². The van der Waals surface area contributed by atoms with Crippen LogP contribution in [0.25, 0.3) is 0 Å². The van der Waals surface area contributed by atoms with Crippen molar-refractivity contribution in [2.45, 2.75) is 51.0 Å². The molecule has 1 atom stereocenters. The van der Waals surface area contributed by atoms with Gasteiger partial charge in [-0.1, -0.05) is 12.8 Å². The highest BCUT2D eigenvalue weighted by Gasteiger charge is 2.43. The first-order valence-corrected chi connectivity index (χ1v) is 6.84. The predicted molar refractivity (Wildman–Crippen MR) is 67.3 cm³/mol. The minimum absolute atomic E-state index is 0.0217. The Morgan fingerprint density at radius 2 is 2.00 bits per heavy atom. The number of carboxylic acids is 1. The Morgan fingerprint density at radius 1 is 1.32 bits per heavy atom. The van der Waals surface area contributed by atoms with Gasteiger partial charge in [0.2, 0.25) is 11.8 Å². The third-order valence-corrected chi connectivity index (χ3v) is 4.13. The molecule has 1 heterocycles. The number of hydrogen-bond acceptors (Lipinski definition) is 3. The normalized spacial score (nSPS) is 25.7. The Kier molecular flexibility index (Phi) is 4.07. The second kappa shape index (κ2) is 5.59. The van der Waals surface area contributed by atoms with E-state index in [1.807, 2.05) is 0 Å². The summed E-state index contributed by atoms with van der Waals surface area (Å²) in [6.45, 7) is 0.643. The van der Waals surface area contributed by atoms with Gasteiger partial charge < -0.3 is 15.7 Å². The summed E-state index contributed by atoms with van der Waals surface area (Å²) >= 11 is 0. The number of carbonyl (C=O) groups excluding carboxylic acids is 2. The van der Waals surface area contributed by atoms with E-state index in [4.69, 9.17) is 0 Å². The zero-order valence-electron chi connectivity index (χ0n) is 10.9. The van der Waals surface area contributed by atoms with Gasteiger partial charge in [-0.3, -0.25) is 14.4 Å². The zero-order chi connectivity index (χ0) is 13.9. The Labute approximate surface area is 111 Å². The number of rotatable bonds is 4. The van der Waals surface area contributed by atoms with Crippen molar-refractivity contribution in [1.29, 1.82) is 0 Å². The molecule has 0 aromatic rings. The molecule has 106 valence electrons. The molecule has 6 heteroatoms. The van der Waals surface area contributed by atoms with Gasteiger partial charge in [-0.2, -0.15) is 0 Å². The molecule has 0 aromatic heterocycles. The lowest BCUT2D eigenvalue weighted by Crippen LogP contribution is -2.51. The van der Waals surface area contributed by atoms with E-state index < -0.39 is 17.4 Å². The maximum atomic E-state index is 12.0. The van der Waals surface area contributed by atoms with Crippen molar-refractivity contribution in [1.82, 2.24) is 10.6 Å². The summed E-state index contributed by atoms with van der Waals surface area (Å²) in [6, 6.07) is -0.506. The Bertz CT molecular complexity index is 388. The number of carbonyl (C=O) groups is 3. The van der Waals surface area contributed by atoms with E-state index in [1.165, 1.54) is 0 Å². The molecule has 0 bridgehead atoms. The summed E-state index contributed by atoms with van der Waals surface area (Å²) < 4.78 is 0. The van der Waals surface area contributed by atoms with Crippen molar-refractivity contribution in [3.05, 3.63) is 0 Å². The van der Waals surface area contributed by atoms with Crippen molar-refractivity contribution in [2.75, 3.05) is 6.54 Å². The lowest BCUT2D eigenvalue weighted by atomic mass is 9.82. The standard InChI is InChI=1S/C13H20N2O4/c16-10(15-9-4-3-7-14-11(9)17)8-13(12(18)19)5-1-2-6-13/h9H,1-8H2,(H,14,17)(H,15,16)(H,18,19). The third-order valence-electron chi connectivity index (χ3n) is 4.13. The largest absolute Gasteiger partial charge is 0.481 e. The molecule has 3 N–H and O–H groups in total. The first-order chi connectivity index (χ1) is 9.03. The summed E-state index contributed by atoms with van der Waals surface area (Å²) in [7, 11) is 0. The monoisotopic (exact) mass is 268 g/mol. The summed E-state index contributed by atoms with van der Waals surface area (Å²) in [6.07, 6.45) is 4.23. The third kappa shape index (κ3) is 3.05. The van der Waals surface area contributed by atoms with Crippen LogP contribution in [0.15, 0.2) is 0 Å². The summed E-state index contributed by atoms with van der Waals surface area (Å²) in [4.78, 5) is 34.9. The van der Waals surface area contributed by atoms with Gasteiger partial charge >= 0.3 is 5.97 Å². The van der Waals surface area contributed by atoms with E-state index in [9.17, 15) is 19.5 Å². The van der Waals surface area contributed by atoms with Crippen LogP contribution in [0.4, 0.5) is 0 Å². The maximum absolute atomic E-state index is 12.0. The van der Waals surface area contributed by atoms with Crippen LogP contribution in [-0.4, -0.2) is 35.5 Å². The summed E-state index contributed by atoms with van der Waals surface area (Å²) in [5.41, 5.74) is -0.921. The molecule has 2 aliphatic rings. The quantitative estimate of drug-likeness (QED) is 0.688. The van der Waals surface area contributed by atoms with E-state index in [1.54, 1.807) is 0 Å². The van der Waals surface area contributed by atoms with Crippen LogP contribution in [0.3, 0.4) is 0 Å². The van der Waals surface area contributed by atoms with E-state index in [-0.39, 0.29) is 18.2 Å². The summed E-state index contributed by atoms with van der Waals surface area (Å²) in [5.74, 6) is -1.39. The number of nitrogens with one attached hydrogen (secondary N) is 2. The molecular formula is C13H20N2O4. The molecular weight excluding hydrogens is 248 g/mol. The first kappa shape index (κ1) is 13.8. The molecule has 1 aliphatic carbocycles. The molecule has 0 aromatic carbocycles. The van der Waals surface area contributed by atoms with Gasteiger partial charge in [-0.25, -0.2) is 0 Å². The fourth-order valence-corrected chi connectivity index (χ4v) is 2.98. The highest BCUT2D eigenvalue weighted by Crippen LogP contribution is 2.41. The molecule has 2 amide bonds. The number of carboxylic acid groups (broad SMARTS) is 1. The second-order valence-corrected chi connectivity index (χ2v) is 5.52. The van der Waals surface area contributed by atoms with Crippen molar-refractivity contribution < 1.29 is 19.5 Å². The van der Waals surface area contributed by atoms with Gasteiger partial charge in [0.05, 0.1) is 5.41 Å². The van der Waals surface area contributed by atoms with Crippen LogP contribution in [-0.2, 0) is 14.4 Å². The van der Waals surface area contributed by atoms with Gasteiger partial charge in [-0.05, 0) is 25.7 Å². The molecule has 1 saturated carbocycles. The van der Waals surface area contributed by atoms with E-state index in [2.05, 4.69) is 10.6 Å². The van der Waals surface area contributed by atoms with Crippen LogP contribution in [0, 0.1) is 5.41 Å². The second-order valence-electron chi connectivity index (χ2n) is 5.52. The molecule has 2 rings (SSSR count). The highest BCUT2D eigenvalue weighted by molar-refractivity contribution is 5.90. The van der Waals surface area contributed by atoms with E-state index in [0.717, 1.165) is 19.3 Å².